The van der Waals surface area contributed by atoms with E-state index in [0.717, 1.165) is 22.6 Å². The summed E-state index contributed by atoms with van der Waals surface area (Å²) in [4.78, 5) is 16.9. The van der Waals surface area contributed by atoms with E-state index in [0.29, 0.717) is 16.4 Å². The van der Waals surface area contributed by atoms with Crippen LogP contribution in [0, 0.1) is 11.7 Å². The van der Waals surface area contributed by atoms with Crippen molar-refractivity contribution in [2.75, 3.05) is 5.32 Å². The Morgan fingerprint density at radius 3 is 2.81 bits per heavy atom. The predicted molar refractivity (Wildman–Crippen MR) is 112 cm³/mol. The molecule has 0 aliphatic heterocycles. The number of aromatic amines is 1. The minimum atomic E-state index is -0.0944. The molecule has 2 heterocycles. The van der Waals surface area contributed by atoms with Crippen molar-refractivity contribution in [1.82, 2.24) is 19.7 Å². The van der Waals surface area contributed by atoms with E-state index >= 15 is 0 Å². The second kappa shape index (κ2) is 7.74. The molecule has 6 nitrogen and oxygen atoms in total. The molecule has 2 aromatic heterocycles. The average Bonchev–Trinajstić information content (AvgIpc) is 3.19. The Morgan fingerprint density at radius 1 is 1.37 bits per heavy atom. The summed E-state index contributed by atoms with van der Waals surface area (Å²) in [6.07, 6.45) is 0.289. The summed E-state index contributed by atoms with van der Waals surface area (Å²) in [7, 11) is 0. The Morgan fingerprint density at radius 2 is 2.15 bits per heavy atom. The minimum Gasteiger partial charge on any atom is -0.302 e. The number of amides is 1. The smallest absolute Gasteiger partial charge is 0.227 e. The fraction of sp³-hybridized carbons (Fsp3) is 0.368. The third-order valence-corrected chi connectivity index (χ3v) is 5.19. The van der Waals surface area contributed by atoms with E-state index < -0.39 is 0 Å². The Labute approximate surface area is 167 Å². The average molecular weight is 402 g/mol. The number of aryl methyl sites for hydroxylation is 1. The number of hydrogen-bond donors (Lipinski definition) is 2. The van der Waals surface area contributed by atoms with Gasteiger partial charge in [0.25, 0.3) is 0 Å². The molecule has 1 amide bonds. The number of hydrogen-bond acceptors (Lipinski definition) is 5. The van der Waals surface area contributed by atoms with Gasteiger partial charge in [-0.25, -0.2) is 4.98 Å². The number of carbonyl (C=O) groups is 1. The van der Waals surface area contributed by atoms with E-state index in [1.54, 1.807) is 0 Å². The summed E-state index contributed by atoms with van der Waals surface area (Å²) in [5.41, 5.74) is 3.05. The number of H-pyrrole nitrogens is 1. The summed E-state index contributed by atoms with van der Waals surface area (Å²) in [6.45, 7) is 8.77. The number of carbonyl (C=O) groups excluding carboxylic acids is 1. The highest BCUT2D eigenvalue weighted by atomic mass is 32.1. The summed E-state index contributed by atoms with van der Waals surface area (Å²) < 4.78 is 2.36. The van der Waals surface area contributed by atoms with E-state index in [1.165, 1.54) is 11.3 Å². The number of rotatable bonds is 5. The predicted octanol–water partition coefficient (Wildman–Crippen LogP) is 4.70. The third-order valence-electron chi connectivity index (χ3n) is 4.12. The number of benzene rings is 1. The topological polar surface area (TPSA) is 75.6 Å². The molecule has 0 aliphatic carbocycles. The van der Waals surface area contributed by atoms with Crippen molar-refractivity contribution < 1.29 is 4.79 Å². The zero-order chi connectivity index (χ0) is 19.6. The number of thiazole rings is 1. The Balaban J connectivity index is 1.68. The maximum Gasteiger partial charge on any atom is 0.227 e. The van der Waals surface area contributed by atoms with Crippen molar-refractivity contribution in [2.24, 2.45) is 0 Å². The molecule has 3 rings (SSSR count). The second-order valence-corrected chi connectivity index (χ2v) is 8.70. The van der Waals surface area contributed by atoms with Crippen LogP contribution in [0.5, 0.6) is 0 Å². The fourth-order valence-corrected chi connectivity index (χ4v) is 3.78. The Kier molecular flexibility index (Phi) is 5.57. The standard InChI is InChI=1S/C19H23N5OS2/c1-12-6-5-7-13(10-12)16-22-23-18(26)24(16)9-8-15(25)21-17-20-14(11-27-17)19(2,3)4/h5-7,10-11H,8-9H2,1-4H3,(H,23,26)(H,20,21,25). The van der Waals surface area contributed by atoms with Gasteiger partial charge in [0.2, 0.25) is 5.91 Å². The van der Waals surface area contributed by atoms with Crippen LogP contribution in [0.15, 0.2) is 29.6 Å². The molecular weight excluding hydrogens is 378 g/mol. The van der Waals surface area contributed by atoms with Gasteiger partial charge in [0.15, 0.2) is 15.7 Å². The van der Waals surface area contributed by atoms with E-state index in [2.05, 4.69) is 41.3 Å². The second-order valence-electron chi connectivity index (χ2n) is 7.46. The van der Waals surface area contributed by atoms with Crippen LogP contribution in [0.4, 0.5) is 5.13 Å². The highest BCUT2D eigenvalue weighted by molar-refractivity contribution is 7.71. The van der Waals surface area contributed by atoms with Crippen LogP contribution in [0.2, 0.25) is 0 Å². The highest BCUT2D eigenvalue weighted by Crippen LogP contribution is 2.26. The van der Waals surface area contributed by atoms with Crippen molar-refractivity contribution in [1.29, 1.82) is 0 Å². The lowest BCUT2D eigenvalue weighted by atomic mass is 9.93. The monoisotopic (exact) mass is 401 g/mol. The third kappa shape index (κ3) is 4.70. The van der Waals surface area contributed by atoms with Gasteiger partial charge >= 0.3 is 0 Å². The molecule has 0 spiro atoms. The maximum absolute atomic E-state index is 12.4. The molecule has 2 N–H and O–H groups in total. The van der Waals surface area contributed by atoms with Gasteiger partial charge in [-0.15, -0.1) is 11.3 Å². The van der Waals surface area contributed by atoms with Gasteiger partial charge in [0.1, 0.15) is 0 Å². The SMILES string of the molecule is Cc1cccc(-c2n[nH]c(=S)n2CCC(=O)Nc2nc(C(C)(C)C)cs2)c1. The largest absolute Gasteiger partial charge is 0.302 e. The van der Waals surface area contributed by atoms with Crippen LogP contribution >= 0.6 is 23.6 Å². The molecule has 0 fully saturated rings. The highest BCUT2D eigenvalue weighted by Gasteiger charge is 2.18. The lowest BCUT2D eigenvalue weighted by Gasteiger charge is -2.14. The van der Waals surface area contributed by atoms with E-state index in [1.807, 2.05) is 41.1 Å². The van der Waals surface area contributed by atoms with Crippen LogP contribution < -0.4 is 5.32 Å². The lowest BCUT2D eigenvalue weighted by molar-refractivity contribution is -0.116. The van der Waals surface area contributed by atoms with Crippen LogP contribution in [0.25, 0.3) is 11.4 Å². The molecule has 0 bridgehead atoms. The van der Waals surface area contributed by atoms with Crippen molar-refractivity contribution in [3.8, 4) is 11.4 Å². The molecule has 3 aromatic rings. The van der Waals surface area contributed by atoms with Crippen molar-refractivity contribution in [3.63, 3.8) is 0 Å². The van der Waals surface area contributed by atoms with Gasteiger partial charge in [0.05, 0.1) is 5.69 Å². The van der Waals surface area contributed by atoms with Gasteiger partial charge in [-0.05, 0) is 25.2 Å². The maximum atomic E-state index is 12.4. The van der Waals surface area contributed by atoms with Crippen molar-refractivity contribution in [2.45, 2.75) is 46.1 Å². The minimum absolute atomic E-state index is 0.0356. The zero-order valence-corrected chi connectivity index (χ0v) is 17.5. The van der Waals surface area contributed by atoms with Crippen molar-refractivity contribution in [3.05, 3.63) is 45.7 Å². The fourth-order valence-electron chi connectivity index (χ4n) is 2.60. The zero-order valence-electron chi connectivity index (χ0n) is 15.9. The van der Waals surface area contributed by atoms with E-state index in [-0.39, 0.29) is 17.7 Å². The molecule has 8 heteroatoms. The number of aromatic nitrogens is 4. The first-order valence-corrected chi connectivity index (χ1v) is 10.0. The first kappa shape index (κ1) is 19.4. The number of nitrogens with one attached hydrogen (secondary N) is 2. The molecule has 0 aliphatic rings. The summed E-state index contributed by atoms with van der Waals surface area (Å²) in [5.74, 6) is 0.642. The van der Waals surface area contributed by atoms with Crippen molar-refractivity contribution >= 4 is 34.6 Å². The van der Waals surface area contributed by atoms with Crippen LogP contribution in [0.1, 0.15) is 38.4 Å². The number of anilines is 1. The quantitative estimate of drug-likeness (QED) is 0.608. The van der Waals surface area contributed by atoms with Gasteiger partial charge in [-0.2, -0.15) is 5.10 Å². The molecule has 0 unspecified atom stereocenters. The first-order chi connectivity index (χ1) is 12.7. The summed E-state index contributed by atoms with van der Waals surface area (Å²) in [5, 5.41) is 12.6. The van der Waals surface area contributed by atoms with Gasteiger partial charge in [-0.1, -0.05) is 44.5 Å². The molecular formula is C19H23N5OS2. The number of nitrogens with zero attached hydrogens (tertiary/aromatic N) is 3. The van der Waals surface area contributed by atoms with Crippen LogP contribution in [0.3, 0.4) is 0 Å². The Hall–Kier alpha value is -2.32. The molecule has 0 saturated carbocycles. The Bertz CT molecular complexity index is 1010. The van der Waals surface area contributed by atoms with E-state index in [9.17, 15) is 4.79 Å². The summed E-state index contributed by atoms with van der Waals surface area (Å²) >= 11 is 6.78. The molecule has 27 heavy (non-hydrogen) atoms. The normalized spacial score (nSPS) is 11.6. The first-order valence-electron chi connectivity index (χ1n) is 8.72. The van der Waals surface area contributed by atoms with Gasteiger partial charge in [0, 0.05) is 29.3 Å². The summed E-state index contributed by atoms with van der Waals surface area (Å²) in [6, 6.07) is 8.04. The lowest BCUT2D eigenvalue weighted by Crippen LogP contribution is -2.16. The van der Waals surface area contributed by atoms with Gasteiger partial charge < -0.3 is 5.32 Å². The molecule has 1 aromatic carbocycles. The van der Waals surface area contributed by atoms with Crippen LogP contribution in [-0.4, -0.2) is 25.7 Å². The molecule has 0 radical (unpaired) electrons. The van der Waals surface area contributed by atoms with E-state index in [4.69, 9.17) is 12.2 Å². The molecule has 142 valence electrons. The molecule has 0 atom stereocenters. The van der Waals surface area contributed by atoms with Gasteiger partial charge in [-0.3, -0.25) is 14.5 Å². The molecule has 0 saturated heterocycles. The van der Waals surface area contributed by atoms with Crippen LogP contribution in [-0.2, 0) is 16.8 Å².